The Morgan fingerprint density at radius 1 is 1.10 bits per heavy atom. The van der Waals surface area contributed by atoms with Crippen molar-refractivity contribution in [2.75, 3.05) is 30.4 Å². The lowest BCUT2D eigenvalue weighted by atomic mass is 10.1. The molecule has 3 aliphatic rings. The fraction of sp³-hybridized carbons (Fsp3) is 0.310. The molecule has 0 bridgehead atoms. The zero-order chi connectivity index (χ0) is 29.1. The summed E-state index contributed by atoms with van der Waals surface area (Å²) < 4.78 is 63.7. The highest BCUT2D eigenvalue weighted by Crippen LogP contribution is 2.55. The molecule has 1 saturated carbocycles. The van der Waals surface area contributed by atoms with Crippen LogP contribution in [0.5, 0.6) is 5.75 Å². The van der Waals surface area contributed by atoms with E-state index in [0.29, 0.717) is 53.0 Å². The second-order valence-corrected chi connectivity index (χ2v) is 12.6. The Balaban J connectivity index is 1.11. The first-order chi connectivity index (χ1) is 20.2. The molecule has 0 spiro atoms. The Labute approximate surface area is 239 Å². The molecular weight excluding hydrogens is 568 g/mol. The Bertz CT molecular complexity index is 1850. The van der Waals surface area contributed by atoms with Crippen LogP contribution in [0.15, 0.2) is 59.6 Å². The Hall–Kier alpha value is -4.23. The number of ether oxygens (including phenoxy) is 2. The summed E-state index contributed by atoms with van der Waals surface area (Å²) in [6, 6.07) is 13.3. The van der Waals surface area contributed by atoms with Crippen LogP contribution in [-0.4, -0.2) is 60.7 Å². The van der Waals surface area contributed by atoms with Gasteiger partial charge >= 0.3 is 0 Å². The van der Waals surface area contributed by atoms with Crippen molar-refractivity contribution in [3.8, 4) is 5.75 Å². The number of nitrogens with one attached hydrogen (secondary N) is 1. The van der Waals surface area contributed by atoms with Gasteiger partial charge in [-0.05, 0) is 48.0 Å². The molecule has 3 aromatic heterocycles. The van der Waals surface area contributed by atoms with E-state index in [1.807, 2.05) is 17.0 Å². The first-order valence-electron chi connectivity index (χ1n) is 13.4. The molecule has 1 atom stereocenters. The van der Waals surface area contributed by atoms with E-state index in [-0.39, 0.29) is 42.4 Å². The number of alkyl halides is 2. The van der Waals surface area contributed by atoms with Crippen LogP contribution in [0.1, 0.15) is 39.6 Å². The molecular formula is C29H25F2N5O5S. The van der Waals surface area contributed by atoms with Crippen molar-refractivity contribution >= 4 is 38.3 Å². The van der Waals surface area contributed by atoms with Crippen LogP contribution in [0.25, 0.3) is 10.9 Å². The third-order valence-electron chi connectivity index (χ3n) is 7.61. The number of carbonyl (C=O) groups excluding carboxylic acids is 1. The van der Waals surface area contributed by atoms with Gasteiger partial charge in [0, 0.05) is 23.6 Å². The lowest BCUT2D eigenvalue weighted by Crippen LogP contribution is -2.30. The minimum absolute atomic E-state index is 0.0918. The third-order valence-corrected chi connectivity index (χ3v) is 9.37. The number of nitrogens with zero attached hydrogens (tertiary/aromatic N) is 4. The molecule has 1 N–H and O–H groups in total. The van der Waals surface area contributed by atoms with Gasteiger partial charge in [0.1, 0.15) is 12.4 Å². The molecule has 13 heteroatoms. The van der Waals surface area contributed by atoms with Crippen molar-refractivity contribution in [2.24, 2.45) is 0 Å². The van der Waals surface area contributed by atoms with Gasteiger partial charge in [-0.15, -0.1) is 0 Å². The number of sulfone groups is 1. The standard InChI is InChI=1S/C29H25F2N5O5S/c30-29(31)13-21(29)22-4-5-24-27(35-22)36(7-8-41-24)26-6-3-18-14-32-20(12-23(18)34-26)15-33-28(37)17-1-2-19-16-40-9-10-42(38,39)25(19)11-17/h1-6,11-12,14,21H,7-10,13,15-16H2,(H,33,37)/t21-/m0/s1. The summed E-state index contributed by atoms with van der Waals surface area (Å²) in [7, 11) is -3.54. The van der Waals surface area contributed by atoms with Gasteiger partial charge in [-0.3, -0.25) is 9.78 Å². The van der Waals surface area contributed by atoms with Gasteiger partial charge in [-0.25, -0.2) is 27.2 Å². The number of anilines is 2. The maximum atomic E-state index is 13.7. The minimum Gasteiger partial charge on any atom is -0.488 e. The van der Waals surface area contributed by atoms with Gasteiger partial charge in [-0.2, -0.15) is 0 Å². The molecule has 0 saturated heterocycles. The van der Waals surface area contributed by atoms with E-state index in [1.54, 1.807) is 36.5 Å². The molecule has 1 amide bonds. The number of amides is 1. The zero-order valence-corrected chi connectivity index (χ0v) is 23.0. The second kappa shape index (κ2) is 9.95. The molecule has 5 heterocycles. The Kier molecular flexibility index (Phi) is 6.31. The second-order valence-electron chi connectivity index (χ2n) is 10.5. The molecule has 0 radical (unpaired) electrons. The summed E-state index contributed by atoms with van der Waals surface area (Å²) in [5, 5.41) is 3.57. The molecule has 2 aliphatic heterocycles. The van der Waals surface area contributed by atoms with Crippen molar-refractivity contribution in [2.45, 2.75) is 36.3 Å². The monoisotopic (exact) mass is 593 g/mol. The van der Waals surface area contributed by atoms with Gasteiger partial charge in [0.2, 0.25) is 0 Å². The van der Waals surface area contributed by atoms with E-state index >= 15 is 0 Å². The molecule has 10 nitrogen and oxygen atoms in total. The molecule has 1 aromatic carbocycles. The lowest BCUT2D eigenvalue weighted by Gasteiger charge is -2.29. The predicted octanol–water partition coefficient (Wildman–Crippen LogP) is 3.91. The Morgan fingerprint density at radius 3 is 2.79 bits per heavy atom. The summed E-state index contributed by atoms with van der Waals surface area (Å²) in [5.74, 6) is -2.65. The van der Waals surface area contributed by atoms with Crippen molar-refractivity contribution in [3.63, 3.8) is 0 Å². The fourth-order valence-corrected chi connectivity index (χ4v) is 6.58. The number of benzene rings is 1. The van der Waals surface area contributed by atoms with Gasteiger partial charge in [-0.1, -0.05) is 6.07 Å². The van der Waals surface area contributed by atoms with Gasteiger partial charge in [0.25, 0.3) is 11.8 Å². The van der Waals surface area contributed by atoms with Crippen LogP contribution in [-0.2, 0) is 27.7 Å². The fourth-order valence-electron chi connectivity index (χ4n) is 5.19. The summed E-state index contributed by atoms with van der Waals surface area (Å²) in [6.07, 6.45) is 1.45. The van der Waals surface area contributed by atoms with Crippen molar-refractivity contribution in [3.05, 3.63) is 77.2 Å². The van der Waals surface area contributed by atoms with Crippen LogP contribution in [0.2, 0.25) is 0 Å². The average Bonchev–Trinajstić information content (AvgIpc) is 3.67. The molecule has 0 unspecified atom stereocenters. The summed E-state index contributed by atoms with van der Waals surface area (Å²) >= 11 is 0. The van der Waals surface area contributed by atoms with Crippen LogP contribution < -0.4 is 15.0 Å². The lowest BCUT2D eigenvalue weighted by molar-refractivity contribution is 0.0949. The zero-order valence-electron chi connectivity index (χ0n) is 22.2. The highest BCUT2D eigenvalue weighted by Gasteiger charge is 2.58. The number of hydrogen-bond acceptors (Lipinski definition) is 9. The first-order valence-corrected chi connectivity index (χ1v) is 15.1. The third kappa shape index (κ3) is 4.92. The Morgan fingerprint density at radius 2 is 1.95 bits per heavy atom. The number of carbonyl (C=O) groups is 1. The maximum absolute atomic E-state index is 13.7. The number of pyridine rings is 3. The molecule has 42 heavy (non-hydrogen) atoms. The van der Waals surface area contributed by atoms with Gasteiger partial charge < -0.3 is 19.7 Å². The highest BCUT2D eigenvalue weighted by atomic mass is 32.2. The normalized spacial score (nSPS) is 20.1. The summed E-state index contributed by atoms with van der Waals surface area (Å²) in [4.78, 5) is 28.6. The van der Waals surface area contributed by atoms with E-state index in [0.717, 1.165) is 5.39 Å². The van der Waals surface area contributed by atoms with Gasteiger partial charge in [0.05, 0.1) is 59.8 Å². The van der Waals surface area contributed by atoms with E-state index in [9.17, 15) is 22.0 Å². The van der Waals surface area contributed by atoms with Crippen molar-refractivity contribution < 1.29 is 31.5 Å². The van der Waals surface area contributed by atoms with E-state index < -0.39 is 27.6 Å². The summed E-state index contributed by atoms with van der Waals surface area (Å²) in [6.45, 7) is 1.21. The highest BCUT2D eigenvalue weighted by molar-refractivity contribution is 7.91. The molecule has 1 fully saturated rings. The van der Waals surface area contributed by atoms with Crippen molar-refractivity contribution in [1.29, 1.82) is 0 Å². The maximum Gasteiger partial charge on any atom is 0.257 e. The number of halogens is 2. The number of fused-ring (bicyclic) bond motifs is 3. The van der Waals surface area contributed by atoms with Crippen LogP contribution in [0.4, 0.5) is 20.4 Å². The predicted molar refractivity (Wildman–Crippen MR) is 148 cm³/mol. The van der Waals surface area contributed by atoms with E-state index in [1.165, 1.54) is 6.07 Å². The average molecular weight is 594 g/mol. The molecule has 216 valence electrons. The van der Waals surface area contributed by atoms with Crippen molar-refractivity contribution in [1.82, 2.24) is 20.3 Å². The number of rotatable bonds is 5. The largest absolute Gasteiger partial charge is 0.488 e. The smallest absolute Gasteiger partial charge is 0.257 e. The topological polar surface area (TPSA) is 124 Å². The number of hydrogen-bond donors (Lipinski definition) is 1. The molecule has 4 aromatic rings. The molecule has 1 aliphatic carbocycles. The molecule has 7 rings (SSSR count). The van der Waals surface area contributed by atoms with E-state index in [4.69, 9.17) is 14.5 Å². The summed E-state index contributed by atoms with van der Waals surface area (Å²) in [5.41, 5.74) is 2.26. The minimum atomic E-state index is -3.54. The number of aromatic nitrogens is 3. The first kappa shape index (κ1) is 26.7. The van der Waals surface area contributed by atoms with Crippen LogP contribution >= 0.6 is 0 Å². The van der Waals surface area contributed by atoms with Crippen LogP contribution in [0, 0.1) is 0 Å². The van der Waals surface area contributed by atoms with E-state index in [2.05, 4.69) is 15.3 Å². The SMILES string of the molecule is O=C(NCc1cc2nc(N3CCOc4ccc([C@@H]5CC5(F)F)nc43)ccc2cn1)c1ccc2c(c1)S(=O)(=O)CCOC2. The van der Waals surface area contributed by atoms with Crippen LogP contribution in [0.3, 0.4) is 0 Å². The van der Waals surface area contributed by atoms with Gasteiger partial charge in [0.15, 0.2) is 21.4 Å². The quantitative estimate of drug-likeness (QED) is 0.367.